The molecule has 0 spiro atoms. The summed E-state index contributed by atoms with van der Waals surface area (Å²) in [5, 5.41) is 10.6. The van der Waals surface area contributed by atoms with E-state index in [-0.39, 0.29) is 23.1 Å². The fourth-order valence-electron chi connectivity index (χ4n) is 4.89. The lowest BCUT2D eigenvalue weighted by atomic mass is 10.1. The first-order valence-corrected chi connectivity index (χ1v) is 13.6. The number of nitrogens with zero attached hydrogens (tertiary/aromatic N) is 4. The lowest BCUT2D eigenvalue weighted by Gasteiger charge is -2.28. The predicted octanol–water partition coefficient (Wildman–Crippen LogP) is 4.96. The van der Waals surface area contributed by atoms with Gasteiger partial charge in [0, 0.05) is 24.2 Å². The molecule has 1 aliphatic carbocycles. The van der Waals surface area contributed by atoms with Crippen molar-refractivity contribution in [2.24, 2.45) is 0 Å². The summed E-state index contributed by atoms with van der Waals surface area (Å²) in [6.07, 6.45) is 6.80. The number of pyridine rings is 3. The molecule has 1 atom stereocenters. The zero-order valence-corrected chi connectivity index (χ0v) is 22.7. The van der Waals surface area contributed by atoms with Gasteiger partial charge in [-0.3, -0.25) is 4.79 Å². The maximum absolute atomic E-state index is 13.1. The molecule has 4 aromatic rings. The Morgan fingerprint density at radius 3 is 2.67 bits per heavy atom. The Hall–Kier alpha value is -4.02. The van der Waals surface area contributed by atoms with E-state index in [1.165, 1.54) is 18.5 Å². The third kappa shape index (κ3) is 5.12. The van der Waals surface area contributed by atoms with Gasteiger partial charge in [-0.1, -0.05) is 23.2 Å². The van der Waals surface area contributed by atoms with Gasteiger partial charge >= 0.3 is 5.97 Å². The van der Waals surface area contributed by atoms with Gasteiger partial charge in [-0.2, -0.15) is 4.98 Å². The number of ether oxygens (including phenoxy) is 2. The van der Waals surface area contributed by atoms with Gasteiger partial charge in [0.05, 0.1) is 34.2 Å². The first kappa shape index (κ1) is 26.2. The lowest BCUT2D eigenvalue weighted by molar-refractivity contribution is 0.0695. The van der Waals surface area contributed by atoms with Crippen LogP contribution in [0.2, 0.25) is 10.0 Å². The van der Waals surface area contributed by atoms with Gasteiger partial charge in [0.15, 0.2) is 0 Å². The van der Waals surface area contributed by atoms with Gasteiger partial charge in [-0.15, -0.1) is 0 Å². The highest BCUT2D eigenvalue weighted by Crippen LogP contribution is 2.36. The molecule has 12 heteroatoms. The fraction of sp³-hybridized carbons (Fsp3) is 0.286. The molecule has 0 amide bonds. The molecule has 1 aliphatic heterocycles. The van der Waals surface area contributed by atoms with E-state index in [0.29, 0.717) is 57.7 Å². The van der Waals surface area contributed by atoms with Crippen LogP contribution in [0.5, 0.6) is 11.8 Å². The summed E-state index contributed by atoms with van der Waals surface area (Å²) < 4.78 is 13.4. The second-order valence-corrected chi connectivity index (χ2v) is 10.7. The van der Waals surface area contributed by atoms with Gasteiger partial charge in [-0.25, -0.2) is 9.78 Å². The van der Waals surface area contributed by atoms with Crippen LogP contribution in [0, 0.1) is 0 Å². The summed E-state index contributed by atoms with van der Waals surface area (Å²) in [4.78, 5) is 35.6. The van der Waals surface area contributed by atoms with Gasteiger partial charge in [-0.05, 0) is 56.0 Å². The highest BCUT2D eigenvalue weighted by atomic mass is 35.5. The average Bonchev–Trinajstić information content (AvgIpc) is 3.63. The maximum atomic E-state index is 13.1. The minimum atomic E-state index is -1.33. The van der Waals surface area contributed by atoms with Crippen LogP contribution in [0.15, 0.2) is 53.6 Å². The van der Waals surface area contributed by atoms with E-state index in [9.17, 15) is 14.7 Å². The van der Waals surface area contributed by atoms with Gasteiger partial charge < -0.3 is 29.8 Å². The number of anilines is 2. The first-order chi connectivity index (χ1) is 19.3. The Kier molecular flexibility index (Phi) is 6.89. The first-order valence-electron chi connectivity index (χ1n) is 12.8. The van der Waals surface area contributed by atoms with Gasteiger partial charge in [0.1, 0.15) is 29.1 Å². The third-order valence-corrected chi connectivity index (χ3v) is 7.64. The highest BCUT2D eigenvalue weighted by molar-refractivity contribution is 6.34. The van der Waals surface area contributed by atoms with Crippen molar-refractivity contribution in [3.63, 3.8) is 0 Å². The molecule has 0 bridgehead atoms. The van der Waals surface area contributed by atoms with Crippen LogP contribution in [0.1, 0.15) is 36.0 Å². The van der Waals surface area contributed by atoms with Crippen LogP contribution in [0.3, 0.4) is 0 Å². The Balaban J connectivity index is 1.35. The minimum Gasteiger partial charge on any atom is -0.477 e. The van der Waals surface area contributed by atoms with Crippen molar-refractivity contribution in [3.8, 4) is 17.4 Å². The topological polar surface area (TPSA) is 133 Å². The molecule has 6 rings (SSSR count). The molecule has 10 nitrogen and oxygen atoms in total. The summed E-state index contributed by atoms with van der Waals surface area (Å²) in [6, 6.07) is 10.0. The number of carbonyl (C=O) groups is 1. The number of benzene rings is 1. The molecule has 3 aromatic heterocycles. The number of fused-ring (bicyclic) bond motifs is 1. The summed E-state index contributed by atoms with van der Waals surface area (Å²) >= 11 is 13.1. The van der Waals surface area contributed by atoms with Crippen LogP contribution in [0.4, 0.5) is 11.5 Å². The molecule has 1 aromatic carbocycles. The molecule has 3 N–H and O–H groups in total. The van der Waals surface area contributed by atoms with Crippen LogP contribution in [0.25, 0.3) is 16.6 Å². The van der Waals surface area contributed by atoms with Crippen molar-refractivity contribution in [1.82, 2.24) is 14.5 Å². The summed E-state index contributed by atoms with van der Waals surface area (Å²) in [5.74, 6) is -0.226. The van der Waals surface area contributed by atoms with Crippen LogP contribution in [-0.4, -0.2) is 50.9 Å². The van der Waals surface area contributed by atoms with Gasteiger partial charge in [0.25, 0.3) is 0 Å². The van der Waals surface area contributed by atoms with Crippen molar-refractivity contribution in [2.75, 3.05) is 23.8 Å². The molecular weight excluding hydrogens is 557 g/mol. The van der Waals surface area contributed by atoms with E-state index in [0.717, 1.165) is 25.7 Å². The maximum Gasteiger partial charge on any atom is 0.341 e. The number of nitrogens with two attached hydrogens (primary N) is 1. The molecule has 1 saturated carbocycles. The van der Waals surface area contributed by atoms with E-state index in [4.69, 9.17) is 38.4 Å². The smallest absolute Gasteiger partial charge is 0.341 e. The lowest BCUT2D eigenvalue weighted by Crippen LogP contribution is -2.34. The second kappa shape index (κ2) is 10.5. The van der Waals surface area contributed by atoms with Crippen LogP contribution >= 0.6 is 23.2 Å². The summed E-state index contributed by atoms with van der Waals surface area (Å²) in [6.45, 7) is 1.02. The van der Waals surface area contributed by atoms with E-state index in [1.54, 1.807) is 34.9 Å². The number of hydrogen-bond acceptors (Lipinski definition) is 8. The third-order valence-electron chi connectivity index (χ3n) is 7.05. The van der Waals surface area contributed by atoms with Crippen LogP contribution in [-0.2, 0) is 0 Å². The zero-order valence-electron chi connectivity index (χ0n) is 21.2. The SMILES string of the molecule is Nc1ccc(-n2cc(C(=O)O)c(=O)c3cc(Cl)c(N4CCC[C@@H]4COc4nc(OC5CC5)ccc4Cl)cc32)cn1. The number of aromatic nitrogens is 3. The Labute approximate surface area is 238 Å². The molecular formula is C28H25Cl2N5O5. The molecule has 4 heterocycles. The normalized spacial score (nSPS) is 16.9. The Morgan fingerprint density at radius 1 is 1.12 bits per heavy atom. The minimum absolute atomic E-state index is 0.0440. The largest absolute Gasteiger partial charge is 0.477 e. The van der Waals surface area contributed by atoms with E-state index in [1.807, 2.05) is 0 Å². The predicted molar refractivity (Wildman–Crippen MR) is 152 cm³/mol. The molecule has 0 radical (unpaired) electrons. The fourth-order valence-corrected chi connectivity index (χ4v) is 5.32. The number of rotatable bonds is 8. The number of carboxylic acids is 1. The zero-order chi connectivity index (χ0) is 28.0. The number of aromatic carboxylic acids is 1. The van der Waals surface area contributed by atoms with Crippen molar-refractivity contribution >= 4 is 51.6 Å². The number of nitrogen functional groups attached to an aromatic ring is 1. The van der Waals surface area contributed by atoms with Crippen molar-refractivity contribution in [3.05, 3.63) is 74.6 Å². The Morgan fingerprint density at radius 2 is 1.95 bits per heavy atom. The monoisotopic (exact) mass is 581 g/mol. The second-order valence-electron chi connectivity index (χ2n) is 9.86. The average molecular weight is 582 g/mol. The molecule has 2 fully saturated rings. The number of carboxylic acid groups (broad SMARTS) is 1. The van der Waals surface area contributed by atoms with Gasteiger partial charge in [0.2, 0.25) is 17.2 Å². The standard InChI is InChI=1S/C28H25Cl2N5O5/c29-20-6-8-25(40-17-4-5-17)33-27(20)39-14-16-2-1-9-34(16)23-11-22-18(10-21(23)30)26(36)19(28(37)38)13-35(22)15-3-7-24(31)32-12-15/h3,6-8,10-13,16-17H,1-2,4-5,9,14H2,(H2,31,32)(H,37,38)/t16-/m1/s1. The van der Waals surface area contributed by atoms with Crippen molar-refractivity contribution in [2.45, 2.75) is 37.8 Å². The van der Waals surface area contributed by atoms with E-state index >= 15 is 0 Å². The summed E-state index contributed by atoms with van der Waals surface area (Å²) in [5.41, 5.74) is 6.49. The van der Waals surface area contributed by atoms with E-state index in [2.05, 4.69) is 14.9 Å². The summed E-state index contributed by atoms with van der Waals surface area (Å²) in [7, 11) is 0. The molecule has 0 unspecified atom stereocenters. The molecule has 1 saturated heterocycles. The van der Waals surface area contributed by atoms with E-state index < -0.39 is 11.4 Å². The van der Waals surface area contributed by atoms with Crippen LogP contribution < -0.4 is 25.5 Å². The van der Waals surface area contributed by atoms with Crippen molar-refractivity contribution in [1.29, 1.82) is 0 Å². The van der Waals surface area contributed by atoms with Crippen molar-refractivity contribution < 1.29 is 19.4 Å². The number of hydrogen-bond donors (Lipinski definition) is 2. The molecule has 2 aliphatic rings. The Bertz CT molecular complexity index is 1670. The number of halogens is 2. The molecule has 206 valence electrons. The quantitative estimate of drug-likeness (QED) is 0.296. The highest BCUT2D eigenvalue weighted by Gasteiger charge is 2.29. The molecule has 40 heavy (non-hydrogen) atoms.